The van der Waals surface area contributed by atoms with Crippen LogP contribution in [0.4, 0.5) is 0 Å². The number of carbonyl (C=O) groups excluding carboxylic acids is 2. The molecule has 0 spiro atoms. The molecule has 90 valence electrons. The molecular formula is C12H25NO2. The van der Waals surface area contributed by atoms with Crippen molar-refractivity contribution in [2.75, 3.05) is 6.54 Å². The molecule has 0 heterocycles. The van der Waals surface area contributed by atoms with Gasteiger partial charge in [-0.15, -0.1) is 0 Å². The van der Waals surface area contributed by atoms with Gasteiger partial charge in [0.1, 0.15) is 5.78 Å². The molecule has 0 saturated carbocycles. The van der Waals surface area contributed by atoms with Crippen molar-refractivity contribution in [3.63, 3.8) is 0 Å². The van der Waals surface area contributed by atoms with Gasteiger partial charge in [0.2, 0.25) is 5.91 Å². The molecule has 15 heavy (non-hydrogen) atoms. The van der Waals surface area contributed by atoms with Crippen LogP contribution in [0.5, 0.6) is 0 Å². The third kappa shape index (κ3) is 11.1. The van der Waals surface area contributed by atoms with Crippen molar-refractivity contribution in [2.45, 2.75) is 53.9 Å². The van der Waals surface area contributed by atoms with Crippen LogP contribution in [0.3, 0.4) is 0 Å². The van der Waals surface area contributed by atoms with Crippen molar-refractivity contribution in [2.24, 2.45) is 5.92 Å². The first-order valence-corrected chi connectivity index (χ1v) is 5.85. The Morgan fingerprint density at radius 2 is 1.80 bits per heavy atom. The normalized spacial score (nSPS) is 11.0. The van der Waals surface area contributed by atoms with Crippen molar-refractivity contribution >= 4 is 11.7 Å². The summed E-state index contributed by atoms with van der Waals surface area (Å²) in [6, 6.07) is 0. The number of amides is 1. The molecule has 0 rings (SSSR count). The summed E-state index contributed by atoms with van der Waals surface area (Å²) in [5.74, 6) is 0.239. The van der Waals surface area contributed by atoms with Crippen molar-refractivity contribution in [1.29, 1.82) is 0 Å². The number of ketones is 1. The number of nitrogens with one attached hydrogen (secondary N) is 1. The van der Waals surface area contributed by atoms with Gasteiger partial charge in [-0.2, -0.15) is 0 Å². The fourth-order valence-corrected chi connectivity index (χ4v) is 1.10. The maximum Gasteiger partial charge on any atom is 0.222 e. The summed E-state index contributed by atoms with van der Waals surface area (Å²) in [5, 5.41) is 2.74. The number of rotatable bonds is 6. The van der Waals surface area contributed by atoms with E-state index >= 15 is 0 Å². The molecule has 0 bridgehead atoms. The van der Waals surface area contributed by atoms with E-state index in [9.17, 15) is 9.59 Å². The highest BCUT2D eigenvalue weighted by molar-refractivity contribution is 5.80. The van der Waals surface area contributed by atoms with Crippen molar-refractivity contribution in [1.82, 2.24) is 5.32 Å². The van der Waals surface area contributed by atoms with Crippen LogP contribution < -0.4 is 5.32 Å². The smallest absolute Gasteiger partial charge is 0.222 e. The summed E-state index contributed by atoms with van der Waals surface area (Å²) in [6.07, 6.45) is 2.36. The van der Waals surface area contributed by atoms with E-state index in [1.807, 2.05) is 20.8 Å². The molecule has 3 heteroatoms. The minimum absolute atomic E-state index is 0.0584. The second-order valence-electron chi connectivity index (χ2n) is 3.43. The van der Waals surface area contributed by atoms with Crippen molar-refractivity contribution in [3.05, 3.63) is 0 Å². The maximum atomic E-state index is 11.3. The summed E-state index contributed by atoms with van der Waals surface area (Å²) < 4.78 is 0. The van der Waals surface area contributed by atoms with Gasteiger partial charge in [-0.3, -0.25) is 9.59 Å². The Morgan fingerprint density at radius 1 is 1.27 bits per heavy atom. The molecule has 0 fully saturated rings. The summed E-state index contributed by atoms with van der Waals surface area (Å²) >= 11 is 0. The van der Waals surface area contributed by atoms with E-state index in [2.05, 4.69) is 12.2 Å². The van der Waals surface area contributed by atoms with Crippen molar-refractivity contribution < 1.29 is 9.59 Å². The van der Waals surface area contributed by atoms with Crippen LogP contribution in [0.15, 0.2) is 0 Å². The minimum Gasteiger partial charge on any atom is -0.355 e. The van der Waals surface area contributed by atoms with Crippen molar-refractivity contribution in [3.8, 4) is 0 Å². The lowest BCUT2D eigenvalue weighted by Crippen LogP contribution is -2.30. The van der Waals surface area contributed by atoms with Gasteiger partial charge in [-0.1, -0.05) is 34.1 Å². The van der Waals surface area contributed by atoms with Gasteiger partial charge in [0.25, 0.3) is 0 Å². The Hall–Kier alpha value is -0.860. The lowest BCUT2D eigenvalue weighted by Gasteiger charge is -2.09. The molecule has 1 unspecified atom stereocenters. The van der Waals surface area contributed by atoms with E-state index in [-0.39, 0.29) is 17.6 Å². The van der Waals surface area contributed by atoms with Gasteiger partial charge in [-0.25, -0.2) is 0 Å². The Bertz CT molecular complexity index is 178. The zero-order valence-corrected chi connectivity index (χ0v) is 10.7. The van der Waals surface area contributed by atoms with E-state index in [4.69, 9.17) is 0 Å². The lowest BCUT2D eigenvalue weighted by molar-refractivity contribution is -0.124. The second-order valence-corrected chi connectivity index (χ2v) is 3.43. The summed E-state index contributed by atoms with van der Waals surface area (Å²) in [4.78, 5) is 21.9. The Labute approximate surface area is 93.6 Å². The summed E-state index contributed by atoms with van der Waals surface area (Å²) in [5.41, 5.74) is 0. The van der Waals surface area contributed by atoms with Crippen LogP contribution in [-0.2, 0) is 9.59 Å². The third-order valence-electron chi connectivity index (χ3n) is 1.95. The van der Waals surface area contributed by atoms with Gasteiger partial charge in [0, 0.05) is 18.9 Å². The van der Waals surface area contributed by atoms with Crippen LogP contribution in [0.1, 0.15) is 53.9 Å². The highest BCUT2D eigenvalue weighted by Crippen LogP contribution is 2.04. The van der Waals surface area contributed by atoms with E-state index in [1.54, 1.807) is 0 Å². The predicted molar refractivity (Wildman–Crippen MR) is 63.7 cm³/mol. The number of Topliss-reactive ketones (excluding diaryl/α,β-unsaturated/α-hetero) is 1. The first kappa shape index (κ1) is 16.6. The van der Waals surface area contributed by atoms with Gasteiger partial charge < -0.3 is 5.32 Å². The van der Waals surface area contributed by atoms with Crippen LogP contribution in [0, 0.1) is 5.92 Å². The maximum absolute atomic E-state index is 11.3. The highest BCUT2D eigenvalue weighted by Gasteiger charge is 2.10. The molecule has 0 saturated heterocycles. The van der Waals surface area contributed by atoms with Gasteiger partial charge in [-0.05, 0) is 13.3 Å². The molecule has 0 aromatic heterocycles. The van der Waals surface area contributed by atoms with Crippen LogP contribution >= 0.6 is 0 Å². The largest absolute Gasteiger partial charge is 0.355 e. The molecule has 0 aliphatic carbocycles. The molecule has 0 aromatic rings. The topological polar surface area (TPSA) is 46.2 Å². The molecular weight excluding hydrogens is 190 g/mol. The van der Waals surface area contributed by atoms with Crippen LogP contribution in [0.2, 0.25) is 0 Å². The fraction of sp³-hybridized carbons (Fsp3) is 0.833. The predicted octanol–water partition coefficient (Wildman–Crippen LogP) is 2.54. The SMILES string of the molecule is CC.CCCC(C)C(=O)NCCC(C)=O. The molecule has 1 amide bonds. The third-order valence-corrected chi connectivity index (χ3v) is 1.95. The Kier molecular flexibility index (Phi) is 12.4. The molecule has 1 atom stereocenters. The highest BCUT2D eigenvalue weighted by atomic mass is 16.2. The zero-order chi connectivity index (χ0) is 12.3. The average molecular weight is 215 g/mol. The van der Waals surface area contributed by atoms with Gasteiger partial charge in [0.05, 0.1) is 0 Å². The molecule has 1 N–H and O–H groups in total. The Morgan fingerprint density at radius 3 is 2.20 bits per heavy atom. The molecule has 0 radical (unpaired) electrons. The number of carbonyl (C=O) groups is 2. The fourth-order valence-electron chi connectivity index (χ4n) is 1.10. The minimum atomic E-state index is 0.0584. The van der Waals surface area contributed by atoms with E-state index < -0.39 is 0 Å². The molecule has 0 aliphatic rings. The number of hydrogen-bond donors (Lipinski definition) is 1. The summed E-state index contributed by atoms with van der Waals surface area (Å²) in [7, 11) is 0. The van der Waals surface area contributed by atoms with Gasteiger partial charge >= 0.3 is 0 Å². The van der Waals surface area contributed by atoms with E-state index in [0.717, 1.165) is 12.8 Å². The number of hydrogen-bond acceptors (Lipinski definition) is 2. The first-order chi connectivity index (χ1) is 7.07. The monoisotopic (exact) mass is 215 g/mol. The standard InChI is InChI=1S/C10H19NO2.C2H6/c1-4-5-8(2)10(13)11-7-6-9(3)12;1-2/h8H,4-7H2,1-3H3,(H,11,13);1-2H3. The van der Waals surface area contributed by atoms with E-state index in [0.29, 0.717) is 13.0 Å². The molecule has 3 nitrogen and oxygen atoms in total. The molecule has 0 aliphatic heterocycles. The van der Waals surface area contributed by atoms with Gasteiger partial charge in [0.15, 0.2) is 0 Å². The average Bonchev–Trinajstić information content (AvgIpc) is 2.20. The zero-order valence-electron chi connectivity index (χ0n) is 10.7. The lowest BCUT2D eigenvalue weighted by atomic mass is 10.1. The van der Waals surface area contributed by atoms with E-state index in [1.165, 1.54) is 6.92 Å². The summed E-state index contributed by atoms with van der Waals surface area (Å²) in [6.45, 7) is 9.97. The quantitative estimate of drug-likeness (QED) is 0.740. The molecule has 0 aromatic carbocycles. The second kappa shape index (κ2) is 11.2. The Balaban J connectivity index is 0. The van der Waals surface area contributed by atoms with Crippen LogP contribution in [0.25, 0.3) is 0 Å². The van der Waals surface area contributed by atoms with Crippen LogP contribution in [-0.4, -0.2) is 18.2 Å². The first-order valence-electron chi connectivity index (χ1n) is 5.85.